The molecule has 0 aromatic heterocycles. The molecule has 0 spiro atoms. The molecular weight excluding hydrogens is 332 g/mol. The van der Waals surface area contributed by atoms with Crippen LogP contribution in [0, 0.1) is 0 Å². The maximum absolute atomic E-state index is 5.47. The fourth-order valence-electron chi connectivity index (χ4n) is 2.68. The fraction of sp³-hybridized carbons (Fsp3) is 0.625. The van der Waals surface area contributed by atoms with Crippen molar-refractivity contribution in [3.05, 3.63) is 28.2 Å². The molecule has 1 fully saturated rings. The lowest BCUT2D eigenvalue weighted by molar-refractivity contribution is 0.0854. The summed E-state index contributed by atoms with van der Waals surface area (Å²) in [5.41, 5.74) is 2.62. The van der Waals surface area contributed by atoms with Crippen LogP contribution >= 0.6 is 15.9 Å². The van der Waals surface area contributed by atoms with Gasteiger partial charge >= 0.3 is 0 Å². The lowest BCUT2D eigenvalue weighted by atomic mass is 10.0. The quantitative estimate of drug-likeness (QED) is 0.761. The molecule has 118 valence electrons. The molecule has 2 rings (SSSR count). The van der Waals surface area contributed by atoms with Crippen molar-refractivity contribution in [1.82, 2.24) is 5.32 Å². The summed E-state index contributed by atoms with van der Waals surface area (Å²) in [6.07, 6.45) is 2.19. The first-order chi connectivity index (χ1) is 10.2. The summed E-state index contributed by atoms with van der Waals surface area (Å²) in [6, 6.07) is 7.07. The zero-order valence-corrected chi connectivity index (χ0v) is 14.5. The zero-order valence-electron chi connectivity index (χ0n) is 12.9. The second-order valence-electron chi connectivity index (χ2n) is 5.40. The Bertz CT molecular complexity index is 436. The summed E-state index contributed by atoms with van der Waals surface area (Å²) in [4.78, 5) is 2.40. The summed E-state index contributed by atoms with van der Waals surface area (Å²) in [5, 5.41) is 3.43. The predicted molar refractivity (Wildman–Crippen MR) is 90.0 cm³/mol. The second-order valence-corrected chi connectivity index (χ2v) is 6.31. The highest BCUT2D eigenvalue weighted by molar-refractivity contribution is 9.10. The molecule has 1 N–H and O–H groups in total. The van der Waals surface area contributed by atoms with Gasteiger partial charge in [0, 0.05) is 56.7 Å². The lowest BCUT2D eigenvalue weighted by Gasteiger charge is -2.34. The Morgan fingerprint density at radius 2 is 2.14 bits per heavy atom. The molecule has 21 heavy (non-hydrogen) atoms. The highest BCUT2D eigenvalue weighted by atomic mass is 79.9. The molecule has 0 unspecified atom stereocenters. The van der Waals surface area contributed by atoms with Crippen LogP contribution in [0.15, 0.2) is 22.7 Å². The molecule has 0 saturated carbocycles. The maximum Gasteiger partial charge on any atom is 0.0587 e. The number of rotatable bonds is 7. The van der Waals surface area contributed by atoms with E-state index >= 15 is 0 Å². The average Bonchev–Trinajstić information content (AvgIpc) is 2.53. The minimum absolute atomic E-state index is 0.561. The predicted octanol–water partition coefficient (Wildman–Crippen LogP) is 2.80. The van der Waals surface area contributed by atoms with Gasteiger partial charge in [0.1, 0.15) is 0 Å². The highest BCUT2D eigenvalue weighted by Crippen LogP contribution is 2.28. The van der Waals surface area contributed by atoms with E-state index in [1.165, 1.54) is 11.3 Å². The minimum Gasteiger partial charge on any atom is -0.383 e. The molecule has 1 aromatic carbocycles. The summed E-state index contributed by atoms with van der Waals surface area (Å²) in [6.45, 7) is 4.20. The number of halogens is 1. The van der Waals surface area contributed by atoms with E-state index in [1.807, 2.05) is 0 Å². The SMILES string of the molecule is COCCNCc1ccc(Br)cc1N(C)C1CCOCC1. The van der Waals surface area contributed by atoms with Crippen LogP contribution in [0.4, 0.5) is 5.69 Å². The molecule has 1 aliphatic heterocycles. The molecule has 1 heterocycles. The van der Waals surface area contributed by atoms with Crippen molar-refractivity contribution in [1.29, 1.82) is 0 Å². The van der Waals surface area contributed by atoms with Crippen molar-refractivity contribution >= 4 is 21.6 Å². The van der Waals surface area contributed by atoms with Gasteiger partial charge < -0.3 is 19.7 Å². The minimum atomic E-state index is 0.561. The zero-order chi connectivity index (χ0) is 15.1. The number of hydrogen-bond donors (Lipinski definition) is 1. The Balaban J connectivity index is 2.06. The normalized spacial score (nSPS) is 16.1. The van der Waals surface area contributed by atoms with Crippen LogP contribution in [0.25, 0.3) is 0 Å². The van der Waals surface area contributed by atoms with E-state index in [2.05, 4.69) is 51.4 Å². The van der Waals surface area contributed by atoms with Crippen LogP contribution in [-0.2, 0) is 16.0 Å². The van der Waals surface area contributed by atoms with Crippen molar-refractivity contribution in [3.8, 4) is 0 Å². The van der Waals surface area contributed by atoms with Crippen molar-refractivity contribution in [2.45, 2.75) is 25.4 Å². The van der Waals surface area contributed by atoms with Gasteiger partial charge in [0.25, 0.3) is 0 Å². The third kappa shape index (κ3) is 4.95. The Morgan fingerprint density at radius 1 is 1.38 bits per heavy atom. The van der Waals surface area contributed by atoms with Crippen molar-refractivity contribution < 1.29 is 9.47 Å². The van der Waals surface area contributed by atoms with E-state index in [9.17, 15) is 0 Å². The van der Waals surface area contributed by atoms with Gasteiger partial charge in [-0.25, -0.2) is 0 Å². The number of hydrogen-bond acceptors (Lipinski definition) is 4. The molecule has 5 heteroatoms. The molecule has 0 atom stereocenters. The highest BCUT2D eigenvalue weighted by Gasteiger charge is 2.20. The Labute approximate surface area is 135 Å². The number of ether oxygens (including phenoxy) is 2. The number of nitrogens with zero attached hydrogens (tertiary/aromatic N) is 1. The van der Waals surface area contributed by atoms with E-state index in [0.717, 1.165) is 50.2 Å². The topological polar surface area (TPSA) is 33.7 Å². The molecular formula is C16H25BrN2O2. The van der Waals surface area contributed by atoms with Crippen LogP contribution < -0.4 is 10.2 Å². The Morgan fingerprint density at radius 3 is 2.86 bits per heavy atom. The molecule has 1 saturated heterocycles. The third-order valence-corrected chi connectivity index (χ3v) is 4.46. The second kappa shape index (κ2) is 8.73. The van der Waals surface area contributed by atoms with Crippen LogP contribution in [-0.4, -0.2) is 46.6 Å². The van der Waals surface area contributed by atoms with Crippen LogP contribution in [0.3, 0.4) is 0 Å². The maximum atomic E-state index is 5.47. The van der Waals surface area contributed by atoms with E-state index in [4.69, 9.17) is 9.47 Å². The van der Waals surface area contributed by atoms with Crippen LogP contribution in [0.1, 0.15) is 18.4 Å². The first-order valence-electron chi connectivity index (χ1n) is 7.51. The Kier molecular flexibility index (Phi) is 6.96. The number of anilines is 1. The van der Waals surface area contributed by atoms with Gasteiger partial charge in [0.2, 0.25) is 0 Å². The van der Waals surface area contributed by atoms with Gasteiger partial charge in [0.05, 0.1) is 6.61 Å². The number of benzene rings is 1. The van der Waals surface area contributed by atoms with Gasteiger partial charge in [-0.3, -0.25) is 0 Å². The summed E-state index contributed by atoms with van der Waals surface area (Å²) >= 11 is 3.59. The first-order valence-corrected chi connectivity index (χ1v) is 8.30. The van der Waals surface area contributed by atoms with E-state index in [1.54, 1.807) is 7.11 Å². The fourth-order valence-corrected chi connectivity index (χ4v) is 3.03. The summed E-state index contributed by atoms with van der Waals surface area (Å²) < 4.78 is 11.7. The number of methoxy groups -OCH3 is 1. The van der Waals surface area contributed by atoms with Gasteiger partial charge in [-0.05, 0) is 30.5 Å². The molecule has 1 aliphatic rings. The van der Waals surface area contributed by atoms with Crippen molar-refractivity contribution in [3.63, 3.8) is 0 Å². The smallest absolute Gasteiger partial charge is 0.0587 e. The molecule has 1 aromatic rings. The molecule has 4 nitrogen and oxygen atoms in total. The summed E-state index contributed by atoms with van der Waals surface area (Å²) in [5.74, 6) is 0. The Hall–Kier alpha value is -0.620. The van der Waals surface area contributed by atoms with Crippen LogP contribution in [0.5, 0.6) is 0 Å². The molecule has 0 aliphatic carbocycles. The number of nitrogens with one attached hydrogen (secondary N) is 1. The molecule has 0 amide bonds. The van der Waals surface area contributed by atoms with E-state index in [-0.39, 0.29) is 0 Å². The molecule has 0 bridgehead atoms. The van der Waals surface area contributed by atoms with Crippen molar-refractivity contribution in [2.24, 2.45) is 0 Å². The van der Waals surface area contributed by atoms with E-state index < -0.39 is 0 Å². The first kappa shape index (κ1) is 16.7. The van der Waals surface area contributed by atoms with Crippen LogP contribution in [0.2, 0.25) is 0 Å². The largest absolute Gasteiger partial charge is 0.383 e. The van der Waals surface area contributed by atoms with Crippen molar-refractivity contribution in [2.75, 3.05) is 45.4 Å². The van der Waals surface area contributed by atoms with Gasteiger partial charge in [0.15, 0.2) is 0 Å². The standard InChI is InChI=1S/C16H25BrN2O2/c1-19(15-5-8-21-9-6-15)16-11-14(17)4-3-13(16)12-18-7-10-20-2/h3-4,11,15,18H,5-10,12H2,1-2H3. The van der Waals surface area contributed by atoms with E-state index in [0.29, 0.717) is 6.04 Å². The van der Waals surface area contributed by atoms with Gasteiger partial charge in [-0.1, -0.05) is 22.0 Å². The van der Waals surface area contributed by atoms with Gasteiger partial charge in [-0.15, -0.1) is 0 Å². The lowest BCUT2D eigenvalue weighted by Crippen LogP contribution is -2.37. The van der Waals surface area contributed by atoms with Gasteiger partial charge in [-0.2, -0.15) is 0 Å². The third-order valence-electron chi connectivity index (χ3n) is 3.96. The molecule has 0 radical (unpaired) electrons. The monoisotopic (exact) mass is 356 g/mol. The average molecular weight is 357 g/mol. The summed E-state index contributed by atoms with van der Waals surface area (Å²) in [7, 11) is 3.92.